The van der Waals surface area contributed by atoms with Crippen LogP contribution in [0.2, 0.25) is 0 Å². The van der Waals surface area contributed by atoms with Gasteiger partial charge in [-0.25, -0.2) is 4.39 Å². The molecule has 0 saturated carbocycles. The van der Waals surface area contributed by atoms with Crippen LogP contribution in [0.5, 0.6) is 11.5 Å². The number of ether oxygens (including phenoxy) is 2. The Morgan fingerprint density at radius 3 is 2.19 bits per heavy atom. The van der Waals surface area contributed by atoms with Gasteiger partial charge < -0.3 is 19.7 Å². The van der Waals surface area contributed by atoms with E-state index in [2.05, 4.69) is 0 Å². The highest BCUT2D eigenvalue weighted by molar-refractivity contribution is 5.44. The molecule has 0 aliphatic heterocycles. The van der Waals surface area contributed by atoms with E-state index in [-0.39, 0.29) is 12.3 Å². The molecule has 3 unspecified atom stereocenters. The maximum atomic E-state index is 14.1. The lowest BCUT2D eigenvalue weighted by Crippen LogP contribution is -2.27. The topological polar surface area (TPSA) is 58.9 Å². The molecule has 0 aliphatic rings. The highest BCUT2D eigenvalue weighted by Gasteiger charge is 2.22. The van der Waals surface area contributed by atoms with Crippen molar-refractivity contribution in [2.75, 3.05) is 14.2 Å². The van der Waals surface area contributed by atoms with Crippen molar-refractivity contribution >= 4 is 0 Å². The average molecular weight is 300 g/mol. The third-order valence-electron chi connectivity index (χ3n) is 3.66. The van der Waals surface area contributed by atoms with Crippen molar-refractivity contribution < 1.29 is 24.1 Å². The van der Waals surface area contributed by atoms with Gasteiger partial charge >= 0.3 is 0 Å². The van der Waals surface area contributed by atoms with Gasteiger partial charge in [-0.15, -0.1) is 0 Å². The van der Waals surface area contributed by atoms with Crippen LogP contribution < -0.4 is 9.47 Å². The van der Waals surface area contributed by atoms with Gasteiger partial charge in [0, 0.05) is 6.07 Å². The van der Waals surface area contributed by atoms with Gasteiger partial charge in [0.1, 0.15) is 5.82 Å². The van der Waals surface area contributed by atoms with Gasteiger partial charge in [0.15, 0.2) is 11.5 Å². The minimum atomic E-state index is -0.868. The number of halogens is 1. The molecule has 0 radical (unpaired) electrons. The van der Waals surface area contributed by atoms with E-state index in [1.165, 1.54) is 20.3 Å². The van der Waals surface area contributed by atoms with Crippen molar-refractivity contribution in [2.45, 2.75) is 51.2 Å². The molecule has 0 aliphatic carbocycles. The van der Waals surface area contributed by atoms with Gasteiger partial charge in [0.05, 0.1) is 26.4 Å². The summed E-state index contributed by atoms with van der Waals surface area (Å²) in [6.07, 6.45) is -0.0409. The molecule has 4 nitrogen and oxygen atoms in total. The maximum Gasteiger partial charge on any atom is 0.163 e. The highest BCUT2D eigenvalue weighted by Crippen LogP contribution is 2.34. The predicted octanol–water partition coefficient (Wildman–Crippen LogP) is 2.86. The van der Waals surface area contributed by atoms with E-state index in [0.717, 1.165) is 6.42 Å². The fraction of sp³-hybridized carbons (Fsp3) is 0.625. The first-order valence-corrected chi connectivity index (χ1v) is 7.22. The zero-order chi connectivity index (χ0) is 16.0. The molecule has 0 fully saturated rings. The molecule has 5 heteroatoms. The predicted molar refractivity (Wildman–Crippen MR) is 79.5 cm³/mol. The van der Waals surface area contributed by atoms with Crippen LogP contribution in [0.15, 0.2) is 12.1 Å². The monoisotopic (exact) mass is 300 g/mol. The lowest BCUT2D eigenvalue weighted by Gasteiger charge is -2.22. The van der Waals surface area contributed by atoms with Crippen molar-refractivity contribution in [3.8, 4) is 11.5 Å². The van der Waals surface area contributed by atoms with E-state index in [9.17, 15) is 14.6 Å². The molecular weight excluding hydrogens is 275 g/mol. The smallest absolute Gasteiger partial charge is 0.163 e. The maximum absolute atomic E-state index is 14.1. The zero-order valence-corrected chi connectivity index (χ0v) is 13.1. The third-order valence-corrected chi connectivity index (χ3v) is 3.66. The second-order valence-electron chi connectivity index (χ2n) is 5.29. The number of rotatable bonds is 8. The molecular formula is C16H25FO4. The number of methoxy groups -OCH3 is 2. The number of aliphatic hydroxyl groups is 2. The summed E-state index contributed by atoms with van der Waals surface area (Å²) in [7, 11) is 2.94. The van der Waals surface area contributed by atoms with Crippen molar-refractivity contribution in [1.82, 2.24) is 0 Å². The molecule has 0 spiro atoms. The van der Waals surface area contributed by atoms with Crippen molar-refractivity contribution in [2.24, 2.45) is 0 Å². The van der Waals surface area contributed by atoms with E-state index in [1.807, 2.05) is 13.8 Å². The van der Waals surface area contributed by atoms with Gasteiger partial charge in [0.2, 0.25) is 0 Å². The summed E-state index contributed by atoms with van der Waals surface area (Å²) in [5, 5.41) is 19.7. The number of benzene rings is 1. The molecule has 1 aromatic carbocycles. The summed E-state index contributed by atoms with van der Waals surface area (Å²) in [5.74, 6) is 0.130. The van der Waals surface area contributed by atoms with Crippen LogP contribution in [-0.2, 0) is 0 Å². The molecule has 0 aromatic heterocycles. The van der Waals surface area contributed by atoms with Gasteiger partial charge in [-0.05, 0) is 30.4 Å². The summed E-state index contributed by atoms with van der Waals surface area (Å²) >= 11 is 0. The van der Waals surface area contributed by atoms with Crippen LogP contribution in [0.25, 0.3) is 0 Å². The largest absolute Gasteiger partial charge is 0.493 e. The molecule has 2 N–H and O–H groups in total. The summed E-state index contributed by atoms with van der Waals surface area (Å²) in [4.78, 5) is 0. The van der Waals surface area contributed by atoms with E-state index >= 15 is 0 Å². The number of hydrogen-bond donors (Lipinski definition) is 2. The van der Waals surface area contributed by atoms with E-state index in [0.29, 0.717) is 23.5 Å². The number of hydrogen-bond acceptors (Lipinski definition) is 4. The van der Waals surface area contributed by atoms with Gasteiger partial charge in [-0.3, -0.25) is 0 Å². The fourth-order valence-corrected chi connectivity index (χ4v) is 2.38. The standard InChI is InChI=1S/C16H25FO4/c1-5-6-13(18)14(19)7-10(2)11-8-15(20-3)16(21-4)9-12(11)17/h8-10,13-14,18-19H,5-7H2,1-4H3. The van der Waals surface area contributed by atoms with Crippen LogP contribution in [0.3, 0.4) is 0 Å². The summed E-state index contributed by atoms with van der Waals surface area (Å²) in [6.45, 7) is 3.75. The van der Waals surface area contributed by atoms with Crippen molar-refractivity contribution in [3.05, 3.63) is 23.5 Å². The minimum Gasteiger partial charge on any atom is -0.493 e. The van der Waals surface area contributed by atoms with E-state index in [4.69, 9.17) is 9.47 Å². The Kier molecular flexibility index (Phi) is 6.92. The van der Waals surface area contributed by atoms with Crippen molar-refractivity contribution in [3.63, 3.8) is 0 Å². The third kappa shape index (κ3) is 4.58. The second kappa shape index (κ2) is 8.20. The van der Waals surface area contributed by atoms with Crippen molar-refractivity contribution in [1.29, 1.82) is 0 Å². The van der Waals surface area contributed by atoms with Gasteiger partial charge in [-0.1, -0.05) is 20.3 Å². The fourth-order valence-electron chi connectivity index (χ4n) is 2.38. The molecule has 0 saturated heterocycles. The summed E-state index contributed by atoms with van der Waals surface area (Å²) < 4.78 is 24.3. The Labute approximate surface area is 125 Å². The summed E-state index contributed by atoms with van der Waals surface area (Å²) in [5.41, 5.74) is 0.440. The molecule has 21 heavy (non-hydrogen) atoms. The first kappa shape index (κ1) is 17.7. The van der Waals surface area contributed by atoms with Crippen LogP contribution in [0, 0.1) is 5.82 Å². The highest BCUT2D eigenvalue weighted by atomic mass is 19.1. The van der Waals surface area contributed by atoms with Crippen LogP contribution >= 0.6 is 0 Å². The average Bonchev–Trinajstić information content (AvgIpc) is 2.46. The number of aliphatic hydroxyl groups excluding tert-OH is 2. The Hall–Kier alpha value is -1.33. The second-order valence-corrected chi connectivity index (χ2v) is 5.29. The Bertz CT molecular complexity index is 450. The Morgan fingerprint density at radius 1 is 1.10 bits per heavy atom. The molecule has 1 aromatic rings. The molecule has 1 rings (SSSR count). The van der Waals surface area contributed by atoms with E-state index in [1.54, 1.807) is 6.07 Å². The normalized spacial score (nSPS) is 15.4. The first-order valence-electron chi connectivity index (χ1n) is 7.22. The quantitative estimate of drug-likeness (QED) is 0.775. The van der Waals surface area contributed by atoms with E-state index < -0.39 is 18.0 Å². The van der Waals surface area contributed by atoms with Crippen LogP contribution in [0.1, 0.15) is 44.6 Å². The van der Waals surface area contributed by atoms with Crippen LogP contribution in [0.4, 0.5) is 4.39 Å². The molecule has 0 amide bonds. The Morgan fingerprint density at radius 2 is 1.67 bits per heavy atom. The van der Waals surface area contributed by atoms with Gasteiger partial charge in [-0.2, -0.15) is 0 Å². The Balaban J connectivity index is 2.89. The molecule has 3 atom stereocenters. The molecule has 0 bridgehead atoms. The summed E-state index contributed by atoms with van der Waals surface area (Å²) in [6, 6.07) is 2.86. The lowest BCUT2D eigenvalue weighted by molar-refractivity contribution is 0.00622. The van der Waals surface area contributed by atoms with Crippen LogP contribution in [-0.4, -0.2) is 36.6 Å². The molecule has 0 heterocycles. The SMILES string of the molecule is CCCC(O)C(O)CC(C)c1cc(OC)c(OC)cc1F. The molecule has 120 valence electrons. The zero-order valence-electron chi connectivity index (χ0n) is 13.1. The lowest BCUT2D eigenvalue weighted by atomic mass is 9.91. The van der Waals surface area contributed by atoms with Gasteiger partial charge in [0.25, 0.3) is 0 Å². The first-order chi connectivity index (χ1) is 9.94. The minimum absolute atomic E-state index is 0.244.